The van der Waals surface area contributed by atoms with Crippen molar-refractivity contribution in [1.82, 2.24) is 4.90 Å². The monoisotopic (exact) mass is 261 g/mol. The van der Waals surface area contributed by atoms with Crippen LogP contribution in [0.2, 0.25) is 0 Å². The van der Waals surface area contributed by atoms with Crippen molar-refractivity contribution in [1.29, 1.82) is 0 Å². The lowest BCUT2D eigenvalue weighted by Gasteiger charge is -2.18. The molecule has 19 heavy (non-hydrogen) atoms. The zero-order chi connectivity index (χ0) is 14.0. The quantitative estimate of drug-likeness (QED) is 0.780. The molecule has 1 aromatic carbocycles. The Morgan fingerprint density at radius 3 is 2.63 bits per heavy atom. The summed E-state index contributed by atoms with van der Waals surface area (Å²) in [7, 11) is 3.23. The van der Waals surface area contributed by atoms with Gasteiger partial charge in [-0.25, -0.2) is 0 Å². The standard InChI is InChI=1S/C15H19NO3/c1-10-8-16(15(17)11(10)2)9-12-5-6-13(18-3)7-14(12)19-4/h5-7,11H,1,8-9H2,2-4H3. The topological polar surface area (TPSA) is 38.8 Å². The van der Waals surface area contributed by atoms with Crippen LogP contribution < -0.4 is 9.47 Å². The third-order valence-electron chi connectivity index (χ3n) is 3.54. The van der Waals surface area contributed by atoms with E-state index in [1.165, 1.54) is 0 Å². The van der Waals surface area contributed by atoms with Crippen molar-refractivity contribution in [2.45, 2.75) is 13.5 Å². The first-order valence-electron chi connectivity index (χ1n) is 6.24. The highest BCUT2D eigenvalue weighted by atomic mass is 16.5. The fourth-order valence-corrected chi connectivity index (χ4v) is 2.23. The molecular formula is C15H19NO3. The highest BCUT2D eigenvalue weighted by Gasteiger charge is 2.31. The molecular weight excluding hydrogens is 242 g/mol. The Kier molecular flexibility index (Phi) is 3.79. The van der Waals surface area contributed by atoms with Crippen molar-refractivity contribution < 1.29 is 14.3 Å². The maximum atomic E-state index is 12.0. The minimum absolute atomic E-state index is 0.0794. The molecule has 1 fully saturated rings. The van der Waals surface area contributed by atoms with Gasteiger partial charge in [-0.2, -0.15) is 0 Å². The van der Waals surface area contributed by atoms with Crippen LogP contribution >= 0.6 is 0 Å². The largest absolute Gasteiger partial charge is 0.497 e. The normalized spacial score (nSPS) is 18.9. The fraction of sp³-hybridized carbons (Fsp3) is 0.400. The first-order chi connectivity index (χ1) is 9.06. The summed E-state index contributed by atoms with van der Waals surface area (Å²) in [6.45, 7) is 6.99. The van der Waals surface area contributed by atoms with E-state index in [0.29, 0.717) is 13.1 Å². The molecule has 0 radical (unpaired) electrons. The Hall–Kier alpha value is -1.97. The fourth-order valence-electron chi connectivity index (χ4n) is 2.23. The number of rotatable bonds is 4. The molecule has 0 saturated carbocycles. The SMILES string of the molecule is C=C1CN(Cc2ccc(OC)cc2OC)C(=O)C1C. The Morgan fingerprint density at radius 1 is 1.37 bits per heavy atom. The summed E-state index contributed by atoms with van der Waals surface area (Å²) >= 11 is 0. The molecule has 0 bridgehead atoms. The Bertz CT molecular complexity index is 510. The average Bonchev–Trinajstić information content (AvgIpc) is 2.67. The van der Waals surface area contributed by atoms with Crippen molar-refractivity contribution in [3.63, 3.8) is 0 Å². The Balaban J connectivity index is 2.20. The van der Waals surface area contributed by atoms with Crippen molar-refractivity contribution >= 4 is 5.91 Å². The number of hydrogen-bond donors (Lipinski definition) is 0. The molecule has 2 rings (SSSR count). The maximum Gasteiger partial charge on any atom is 0.230 e. The Morgan fingerprint density at radius 2 is 2.11 bits per heavy atom. The molecule has 4 nitrogen and oxygen atoms in total. The zero-order valence-corrected chi connectivity index (χ0v) is 11.6. The van der Waals surface area contributed by atoms with Crippen molar-refractivity contribution in [2.24, 2.45) is 5.92 Å². The number of benzene rings is 1. The zero-order valence-electron chi connectivity index (χ0n) is 11.6. The van der Waals surface area contributed by atoms with Gasteiger partial charge in [-0.05, 0) is 24.6 Å². The van der Waals surface area contributed by atoms with Gasteiger partial charge in [-0.15, -0.1) is 0 Å². The van der Waals surface area contributed by atoms with Gasteiger partial charge in [0.1, 0.15) is 11.5 Å². The van der Waals surface area contributed by atoms with Crippen LogP contribution in [0, 0.1) is 5.92 Å². The molecule has 1 aromatic rings. The summed E-state index contributed by atoms with van der Waals surface area (Å²) in [5, 5.41) is 0. The highest BCUT2D eigenvalue weighted by Crippen LogP contribution is 2.29. The van der Waals surface area contributed by atoms with Crippen LogP contribution in [-0.4, -0.2) is 31.6 Å². The van der Waals surface area contributed by atoms with Crippen molar-refractivity contribution in [3.8, 4) is 11.5 Å². The summed E-state index contributed by atoms with van der Waals surface area (Å²) < 4.78 is 10.5. The molecule has 1 heterocycles. The molecule has 4 heteroatoms. The maximum absolute atomic E-state index is 12.0. The molecule has 0 spiro atoms. The lowest BCUT2D eigenvalue weighted by Crippen LogP contribution is -2.26. The smallest absolute Gasteiger partial charge is 0.230 e. The molecule has 1 saturated heterocycles. The predicted octanol–water partition coefficient (Wildman–Crippen LogP) is 2.24. The minimum atomic E-state index is -0.0794. The number of hydrogen-bond acceptors (Lipinski definition) is 3. The number of ether oxygens (including phenoxy) is 2. The van der Waals surface area contributed by atoms with E-state index < -0.39 is 0 Å². The van der Waals surface area contributed by atoms with E-state index in [1.807, 2.05) is 25.1 Å². The van der Waals surface area contributed by atoms with E-state index in [-0.39, 0.29) is 11.8 Å². The van der Waals surface area contributed by atoms with Gasteiger partial charge in [0.2, 0.25) is 5.91 Å². The second kappa shape index (κ2) is 5.34. The van der Waals surface area contributed by atoms with E-state index in [1.54, 1.807) is 19.1 Å². The number of methoxy groups -OCH3 is 2. The van der Waals surface area contributed by atoms with Crippen LogP contribution in [0.5, 0.6) is 11.5 Å². The predicted molar refractivity (Wildman–Crippen MR) is 73.3 cm³/mol. The lowest BCUT2D eigenvalue weighted by atomic mass is 10.1. The molecule has 1 atom stereocenters. The van der Waals surface area contributed by atoms with Crippen molar-refractivity contribution in [2.75, 3.05) is 20.8 Å². The van der Waals surface area contributed by atoms with Crippen LogP contribution in [-0.2, 0) is 11.3 Å². The van der Waals surface area contributed by atoms with Gasteiger partial charge < -0.3 is 14.4 Å². The lowest BCUT2D eigenvalue weighted by molar-refractivity contribution is -0.130. The summed E-state index contributed by atoms with van der Waals surface area (Å²) in [4.78, 5) is 13.8. The number of amides is 1. The molecule has 0 N–H and O–H groups in total. The summed E-state index contributed by atoms with van der Waals surface area (Å²) in [6.07, 6.45) is 0. The van der Waals surface area contributed by atoms with Crippen LogP contribution in [0.15, 0.2) is 30.4 Å². The van der Waals surface area contributed by atoms with E-state index >= 15 is 0 Å². The molecule has 1 aliphatic heterocycles. The van der Waals surface area contributed by atoms with E-state index in [9.17, 15) is 4.79 Å². The summed E-state index contributed by atoms with van der Waals surface area (Å²) in [5.74, 6) is 1.52. The number of carbonyl (C=O) groups is 1. The van der Waals surface area contributed by atoms with Crippen LogP contribution in [0.1, 0.15) is 12.5 Å². The highest BCUT2D eigenvalue weighted by molar-refractivity contribution is 5.84. The Labute approximate surface area is 113 Å². The van der Waals surface area contributed by atoms with Gasteiger partial charge in [0, 0.05) is 24.7 Å². The second-order valence-corrected chi connectivity index (χ2v) is 4.75. The first kappa shape index (κ1) is 13.5. The molecule has 1 aliphatic rings. The van der Waals surface area contributed by atoms with Gasteiger partial charge in [0.05, 0.1) is 20.1 Å². The van der Waals surface area contributed by atoms with Gasteiger partial charge in [0.15, 0.2) is 0 Å². The van der Waals surface area contributed by atoms with Gasteiger partial charge in [-0.1, -0.05) is 6.58 Å². The van der Waals surface area contributed by atoms with Crippen LogP contribution in [0.4, 0.5) is 0 Å². The molecule has 0 aliphatic carbocycles. The van der Waals surface area contributed by atoms with E-state index in [2.05, 4.69) is 6.58 Å². The summed E-state index contributed by atoms with van der Waals surface area (Å²) in [6, 6.07) is 5.63. The summed E-state index contributed by atoms with van der Waals surface area (Å²) in [5.41, 5.74) is 1.94. The van der Waals surface area contributed by atoms with E-state index in [4.69, 9.17) is 9.47 Å². The minimum Gasteiger partial charge on any atom is -0.497 e. The molecule has 102 valence electrons. The second-order valence-electron chi connectivity index (χ2n) is 4.75. The van der Waals surface area contributed by atoms with Gasteiger partial charge >= 0.3 is 0 Å². The molecule has 1 amide bonds. The number of likely N-dealkylation sites (tertiary alicyclic amines) is 1. The third kappa shape index (κ3) is 2.57. The van der Waals surface area contributed by atoms with Crippen LogP contribution in [0.3, 0.4) is 0 Å². The molecule has 0 aromatic heterocycles. The van der Waals surface area contributed by atoms with Crippen LogP contribution in [0.25, 0.3) is 0 Å². The third-order valence-corrected chi connectivity index (χ3v) is 3.54. The number of nitrogens with zero attached hydrogens (tertiary/aromatic N) is 1. The van der Waals surface area contributed by atoms with Gasteiger partial charge in [-0.3, -0.25) is 4.79 Å². The first-order valence-corrected chi connectivity index (χ1v) is 6.24. The number of carbonyl (C=O) groups excluding carboxylic acids is 1. The molecule has 1 unspecified atom stereocenters. The van der Waals surface area contributed by atoms with Crippen molar-refractivity contribution in [3.05, 3.63) is 35.9 Å². The van der Waals surface area contributed by atoms with E-state index in [0.717, 1.165) is 22.6 Å². The average molecular weight is 261 g/mol. The van der Waals surface area contributed by atoms with Gasteiger partial charge in [0.25, 0.3) is 0 Å².